The normalized spacial score (nSPS) is 17.6. The molecule has 1 aliphatic rings. The smallest absolute Gasteiger partial charge is 0.410 e. The van der Waals surface area contributed by atoms with E-state index < -0.39 is 17.7 Å². The van der Waals surface area contributed by atoms with Crippen LogP contribution in [0.3, 0.4) is 0 Å². The Morgan fingerprint density at radius 3 is 2.55 bits per heavy atom. The van der Waals surface area contributed by atoms with Crippen molar-refractivity contribution in [2.75, 3.05) is 6.54 Å². The molecule has 6 nitrogen and oxygen atoms in total. The largest absolute Gasteiger partial charge is 0.444 e. The number of hydrogen-bond donors (Lipinski definition) is 1. The SMILES string of the molecule is CC(C)(C)OC(=O)N1CCC[C@H]1C(=O)NC(Cc1ccccn1)c1ccccc1. The third-order valence-corrected chi connectivity index (χ3v) is 4.84. The van der Waals surface area contributed by atoms with Crippen LogP contribution >= 0.6 is 0 Å². The second-order valence-electron chi connectivity index (χ2n) is 8.33. The van der Waals surface area contributed by atoms with Gasteiger partial charge in [0.25, 0.3) is 0 Å². The van der Waals surface area contributed by atoms with Gasteiger partial charge in [-0.3, -0.25) is 14.7 Å². The summed E-state index contributed by atoms with van der Waals surface area (Å²) in [7, 11) is 0. The summed E-state index contributed by atoms with van der Waals surface area (Å²) in [6.07, 6.45) is 3.32. The van der Waals surface area contributed by atoms with Gasteiger partial charge in [-0.05, 0) is 51.3 Å². The first-order valence-corrected chi connectivity index (χ1v) is 10.1. The lowest BCUT2D eigenvalue weighted by atomic mass is 10.0. The van der Waals surface area contributed by atoms with Crippen LogP contribution in [0.1, 0.15) is 50.9 Å². The zero-order valence-corrected chi connectivity index (χ0v) is 17.3. The van der Waals surface area contributed by atoms with Crippen LogP contribution in [0.5, 0.6) is 0 Å². The second kappa shape index (κ2) is 9.07. The quantitative estimate of drug-likeness (QED) is 0.834. The van der Waals surface area contributed by atoms with E-state index in [0.717, 1.165) is 17.7 Å². The second-order valence-corrected chi connectivity index (χ2v) is 8.33. The summed E-state index contributed by atoms with van der Waals surface area (Å²) < 4.78 is 5.48. The average molecular weight is 396 g/mol. The Bertz CT molecular complexity index is 818. The van der Waals surface area contributed by atoms with Crippen molar-refractivity contribution >= 4 is 12.0 Å². The summed E-state index contributed by atoms with van der Waals surface area (Å²) in [5, 5.41) is 3.14. The summed E-state index contributed by atoms with van der Waals surface area (Å²) in [4.78, 5) is 31.6. The molecule has 2 heterocycles. The van der Waals surface area contributed by atoms with E-state index in [2.05, 4.69) is 10.3 Å². The van der Waals surface area contributed by atoms with Gasteiger partial charge in [0.05, 0.1) is 6.04 Å². The molecule has 0 radical (unpaired) electrons. The first-order chi connectivity index (χ1) is 13.8. The molecule has 1 saturated heterocycles. The highest BCUT2D eigenvalue weighted by Crippen LogP contribution is 2.23. The van der Waals surface area contributed by atoms with Crippen molar-refractivity contribution in [3.63, 3.8) is 0 Å². The Kier molecular flexibility index (Phi) is 6.52. The van der Waals surface area contributed by atoms with Gasteiger partial charge in [-0.2, -0.15) is 0 Å². The molecule has 1 N–H and O–H groups in total. The summed E-state index contributed by atoms with van der Waals surface area (Å²) in [6, 6.07) is 14.9. The molecule has 3 rings (SSSR count). The molecule has 0 aliphatic carbocycles. The number of benzene rings is 1. The average Bonchev–Trinajstić information content (AvgIpc) is 3.18. The van der Waals surface area contributed by atoms with Gasteiger partial charge in [-0.25, -0.2) is 4.79 Å². The Labute approximate surface area is 172 Å². The van der Waals surface area contributed by atoms with Crippen molar-refractivity contribution in [2.45, 2.75) is 57.7 Å². The van der Waals surface area contributed by atoms with E-state index in [1.165, 1.54) is 0 Å². The van der Waals surface area contributed by atoms with Crippen LogP contribution in [0.4, 0.5) is 4.79 Å². The fraction of sp³-hybridized carbons (Fsp3) is 0.435. The number of pyridine rings is 1. The highest BCUT2D eigenvalue weighted by molar-refractivity contribution is 5.86. The maximum atomic E-state index is 13.1. The van der Waals surface area contributed by atoms with Gasteiger partial charge in [0, 0.05) is 24.9 Å². The summed E-state index contributed by atoms with van der Waals surface area (Å²) >= 11 is 0. The number of ether oxygens (including phenoxy) is 1. The fourth-order valence-electron chi connectivity index (χ4n) is 3.51. The standard InChI is InChI=1S/C23H29N3O3/c1-23(2,3)29-22(28)26-15-9-13-20(26)21(27)25-19(17-10-5-4-6-11-17)16-18-12-7-8-14-24-18/h4-8,10-12,14,19-20H,9,13,15-16H2,1-3H3,(H,25,27)/t19?,20-/m0/s1. The lowest BCUT2D eigenvalue weighted by molar-refractivity contribution is -0.126. The number of aromatic nitrogens is 1. The molecule has 0 spiro atoms. The zero-order valence-electron chi connectivity index (χ0n) is 17.3. The molecular weight excluding hydrogens is 366 g/mol. The molecule has 1 aliphatic heterocycles. The molecule has 1 aromatic carbocycles. The minimum atomic E-state index is -0.591. The van der Waals surface area contributed by atoms with Crippen molar-refractivity contribution in [2.24, 2.45) is 0 Å². The van der Waals surface area contributed by atoms with Crippen LogP contribution in [-0.4, -0.2) is 40.1 Å². The van der Waals surface area contributed by atoms with Gasteiger partial charge < -0.3 is 10.1 Å². The van der Waals surface area contributed by atoms with Crippen molar-refractivity contribution in [3.8, 4) is 0 Å². The maximum absolute atomic E-state index is 13.1. The van der Waals surface area contributed by atoms with E-state index >= 15 is 0 Å². The van der Waals surface area contributed by atoms with Gasteiger partial charge in [-0.1, -0.05) is 36.4 Å². The summed E-state index contributed by atoms with van der Waals surface area (Å²) in [5.41, 5.74) is 1.32. The third-order valence-electron chi connectivity index (χ3n) is 4.84. The third kappa shape index (κ3) is 5.79. The molecular formula is C23H29N3O3. The molecule has 0 bridgehead atoms. The van der Waals surface area contributed by atoms with E-state index in [1.807, 2.05) is 69.3 Å². The highest BCUT2D eigenvalue weighted by atomic mass is 16.6. The van der Waals surface area contributed by atoms with Gasteiger partial charge in [0.1, 0.15) is 11.6 Å². The molecule has 0 saturated carbocycles. The number of carbonyl (C=O) groups is 2. The molecule has 2 amide bonds. The number of nitrogens with zero attached hydrogens (tertiary/aromatic N) is 2. The fourth-order valence-corrected chi connectivity index (χ4v) is 3.51. The van der Waals surface area contributed by atoms with Gasteiger partial charge in [-0.15, -0.1) is 0 Å². The van der Waals surface area contributed by atoms with Crippen LogP contribution in [-0.2, 0) is 16.0 Å². The predicted molar refractivity (Wildman–Crippen MR) is 111 cm³/mol. The molecule has 154 valence electrons. The maximum Gasteiger partial charge on any atom is 0.410 e. The number of amides is 2. The monoisotopic (exact) mass is 395 g/mol. The van der Waals surface area contributed by atoms with Crippen LogP contribution in [0, 0.1) is 0 Å². The summed E-state index contributed by atoms with van der Waals surface area (Å²) in [5.74, 6) is -0.154. The van der Waals surface area contributed by atoms with Crippen LogP contribution < -0.4 is 5.32 Å². The Balaban J connectivity index is 1.74. The highest BCUT2D eigenvalue weighted by Gasteiger charge is 2.37. The molecule has 1 unspecified atom stereocenters. The van der Waals surface area contributed by atoms with E-state index in [-0.39, 0.29) is 11.9 Å². The van der Waals surface area contributed by atoms with Gasteiger partial charge in [0.2, 0.25) is 5.91 Å². The molecule has 2 atom stereocenters. The first kappa shape index (κ1) is 20.8. The predicted octanol–water partition coefficient (Wildman–Crippen LogP) is 3.88. The van der Waals surface area contributed by atoms with Gasteiger partial charge >= 0.3 is 6.09 Å². The van der Waals surface area contributed by atoms with E-state index in [0.29, 0.717) is 19.4 Å². The topological polar surface area (TPSA) is 71.5 Å². The number of hydrogen-bond acceptors (Lipinski definition) is 4. The Hall–Kier alpha value is -2.89. The van der Waals surface area contributed by atoms with Gasteiger partial charge in [0.15, 0.2) is 0 Å². The molecule has 2 aromatic rings. The molecule has 6 heteroatoms. The van der Waals surface area contributed by atoms with E-state index in [9.17, 15) is 9.59 Å². The first-order valence-electron chi connectivity index (χ1n) is 10.1. The number of carbonyl (C=O) groups excluding carboxylic acids is 2. The van der Waals surface area contributed by atoms with Crippen LogP contribution in [0.2, 0.25) is 0 Å². The molecule has 1 fully saturated rings. The lowest BCUT2D eigenvalue weighted by Crippen LogP contribution is -2.48. The van der Waals surface area contributed by atoms with Crippen molar-refractivity contribution in [1.82, 2.24) is 15.2 Å². The Morgan fingerprint density at radius 2 is 1.90 bits per heavy atom. The van der Waals surface area contributed by atoms with Crippen molar-refractivity contribution in [3.05, 3.63) is 66.0 Å². The molecule has 29 heavy (non-hydrogen) atoms. The summed E-state index contributed by atoms with van der Waals surface area (Å²) in [6.45, 7) is 6.01. The van der Waals surface area contributed by atoms with Crippen LogP contribution in [0.15, 0.2) is 54.7 Å². The minimum absolute atomic E-state index is 0.154. The number of rotatable bonds is 5. The van der Waals surface area contributed by atoms with Crippen molar-refractivity contribution < 1.29 is 14.3 Å². The van der Waals surface area contributed by atoms with Crippen LogP contribution in [0.25, 0.3) is 0 Å². The van der Waals surface area contributed by atoms with E-state index in [4.69, 9.17) is 4.74 Å². The lowest BCUT2D eigenvalue weighted by Gasteiger charge is -2.29. The van der Waals surface area contributed by atoms with E-state index in [1.54, 1.807) is 11.1 Å². The van der Waals surface area contributed by atoms with Crippen molar-refractivity contribution in [1.29, 1.82) is 0 Å². The number of nitrogens with one attached hydrogen (secondary N) is 1. The number of likely N-dealkylation sites (tertiary alicyclic amines) is 1. The minimum Gasteiger partial charge on any atom is -0.444 e. The molecule has 1 aromatic heterocycles. The zero-order chi connectivity index (χ0) is 20.9. The Morgan fingerprint density at radius 1 is 1.17 bits per heavy atom.